The quantitative estimate of drug-likeness (QED) is 0.626. The Kier molecular flexibility index (Phi) is 4.24. The zero-order valence-corrected chi connectivity index (χ0v) is 10.5. The van der Waals surface area contributed by atoms with Crippen molar-refractivity contribution in [2.45, 2.75) is 30.9 Å². The Morgan fingerprint density at radius 3 is 2.56 bits per heavy atom. The third-order valence-electron chi connectivity index (χ3n) is 2.27. The molecule has 0 aliphatic rings. The van der Waals surface area contributed by atoms with Crippen LogP contribution in [0.3, 0.4) is 0 Å². The maximum Gasteiger partial charge on any atom is 0.317 e. The van der Waals surface area contributed by atoms with Crippen LogP contribution < -0.4 is 5.73 Å². The highest BCUT2D eigenvalue weighted by atomic mass is 32.2. The van der Waals surface area contributed by atoms with Gasteiger partial charge in [0.1, 0.15) is 5.25 Å². The monoisotopic (exact) mass is 239 g/mol. The predicted molar refractivity (Wildman–Crippen MR) is 67.7 cm³/mol. The molecule has 3 nitrogen and oxygen atoms in total. The van der Waals surface area contributed by atoms with Crippen LogP contribution in [0.15, 0.2) is 23.1 Å². The number of hydrogen-bond donors (Lipinski definition) is 2. The number of aryl methyl sites for hydroxylation is 1. The van der Waals surface area contributed by atoms with E-state index in [0.29, 0.717) is 5.69 Å². The van der Waals surface area contributed by atoms with Gasteiger partial charge in [0.05, 0.1) is 0 Å². The standard InChI is InChI=1S/C12H17NO2S/c1-7(2)11(12(14)15)16-10-6-8(3)4-5-9(10)13/h4-7,11H,13H2,1-3H3,(H,14,15). The molecule has 1 aromatic rings. The van der Waals surface area contributed by atoms with Crippen LogP contribution in [-0.4, -0.2) is 16.3 Å². The van der Waals surface area contributed by atoms with Gasteiger partial charge in [-0.25, -0.2) is 0 Å². The molecular weight excluding hydrogens is 222 g/mol. The highest BCUT2D eigenvalue weighted by molar-refractivity contribution is 8.00. The summed E-state index contributed by atoms with van der Waals surface area (Å²) in [4.78, 5) is 11.9. The Labute approximate surface area is 100 Å². The lowest BCUT2D eigenvalue weighted by Gasteiger charge is -2.16. The average molecular weight is 239 g/mol. The number of carboxylic acids is 1. The Balaban J connectivity index is 2.93. The molecule has 0 saturated heterocycles. The maximum absolute atomic E-state index is 11.1. The Bertz CT molecular complexity index is 391. The van der Waals surface area contributed by atoms with Crippen molar-refractivity contribution in [2.24, 2.45) is 5.92 Å². The summed E-state index contributed by atoms with van der Waals surface area (Å²) in [6.07, 6.45) is 0. The number of carboxylic acid groups (broad SMARTS) is 1. The molecule has 0 bridgehead atoms. The van der Waals surface area contributed by atoms with Gasteiger partial charge in [-0.3, -0.25) is 4.79 Å². The highest BCUT2D eigenvalue weighted by Crippen LogP contribution is 2.32. The zero-order valence-electron chi connectivity index (χ0n) is 9.73. The van der Waals surface area contributed by atoms with E-state index in [2.05, 4.69) is 0 Å². The predicted octanol–water partition coefficient (Wildman–Crippen LogP) is 2.78. The van der Waals surface area contributed by atoms with Crippen molar-refractivity contribution in [1.82, 2.24) is 0 Å². The molecule has 0 saturated carbocycles. The highest BCUT2D eigenvalue weighted by Gasteiger charge is 2.23. The fraction of sp³-hybridized carbons (Fsp3) is 0.417. The van der Waals surface area contributed by atoms with Crippen LogP contribution in [0.1, 0.15) is 19.4 Å². The third kappa shape index (κ3) is 3.17. The van der Waals surface area contributed by atoms with Gasteiger partial charge in [-0.05, 0) is 30.5 Å². The van der Waals surface area contributed by atoms with Crippen LogP contribution in [0.25, 0.3) is 0 Å². The Hall–Kier alpha value is -1.16. The number of rotatable bonds is 4. The van der Waals surface area contributed by atoms with Crippen molar-refractivity contribution in [2.75, 3.05) is 5.73 Å². The number of nitrogens with two attached hydrogens (primary N) is 1. The Morgan fingerprint density at radius 1 is 1.44 bits per heavy atom. The Morgan fingerprint density at radius 2 is 2.06 bits per heavy atom. The first kappa shape index (κ1) is 12.9. The van der Waals surface area contributed by atoms with Gasteiger partial charge in [0, 0.05) is 10.6 Å². The van der Waals surface area contributed by atoms with Gasteiger partial charge in [0.2, 0.25) is 0 Å². The third-order valence-corrected chi connectivity index (χ3v) is 3.88. The summed E-state index contributed by atoms with van der Waals surface area (Å²) in [5.41, 5.74) is 7.55. The van der Waals surface area contributed by atoms with E-state index in [1.807, 2.05) is 39.0 Å². The summed E-state index contributed by atoms with van der Waals surface area (Å²) in [6, 6.07) is 5.67. The number of carbonyl (C=O) groups is 1. The summed E-state index contributed by atoms with van der Waals surface area (Å²) in [5, 5.41) is 8.65. The van der Waals surface area contributed by atoms with Crippen LogP contribution in [-0.2, 0) is 4.79 Å². The molecule has 0 radical (unpaired) electrons. The molecule has 0 aromatic heterocycles. The molecule has 0 amide bonds. The minimum atomic E-state index is -0.791. The van der Waals surface area contributed by atoms with Gasteiger partial charge in [-0.15, -0.1) is 11.8 Å². The number of aliphatic carboxylic acids is 1. The number of anilines is 1. The molecular formula is C12H17NO2S. The zero-order chi connectivity index (χ0) is 12.3. The topological polar surface area (TPSA) is 63.3 Å². The fourth-order valence-electron chi connectivity index (χ4n) is 1.35. The molecule has 3 N–H and O–H groups in total. The normalized spacial score (nSPS) is 12.8. The second kappa shape index (κ2) is 5.25. The summed E-state index contributed by atoms with van der Waals surface area (Å²) in [7, 11) is 0. The summed E-state index contributed by atoms with van der Waals surface area (Å²) in [6.45, 7) is 5.77. The van der Waals surface area contributed by atoms with E-state index in [1.165, 1.54) is 11.8 Å². The number of thioether (sulfide) groups is 1. The maximum atomic E-state index is 11.1. The van der Waals surface area contributed by atoms with Gasteiger partial charge in [-0.1, -0.05) is 19.9 Å². The first-order valence-electron chi connectivity index (χ1n) is 5.17. The molecule has 0 spiro atoms. The molecule has 88 valence electrons. The minimum Gasteiger partial charge on any atom is -0.480 e. The average Bonchev–Trinajstić information content (AvgIpc) is 2.18. The van der Waals surface area contributed by atoms with E-state index in [4.69, 9.17) is 10.8 Å². The first-order chi connectivity index (χ1) is 7.41. The first-order valence-corrected chi connectivity index (χ1v) is 6.05. The van der Waals surface area contributed by atoms with E-state index in [1.54, 1.807) is 0 Å². The molecule has 1 atom stereocenters. The number of hydrogen-bond acceptors (Lipinski definition) is 3. The molecule has 0 aliphatic carbocycles. The van der Waals surface area contributed by atoms with E-state index < -0.39 is 11.2 Å². The van der Waals surface area contributed by atoms with Crippen molar-refractivity contribution in [3.63, 3.8) is 0 Å². The minimum absolute atomic E-state index is 0.0717. The second-order valence-corrected chi connectivity index (χ2v) is 5.35. The van der Waals surface area contributed by atoms with Gasteiger partial charge < -0.3 is 10.8 Å². The van der Waals surface area contributed by atoms with E-state index in [9.17, 15) is 4.79 Å². The van der Waals surface area contributed by atoms with E-state index in [0.717, 1.165) is 10.5 Å². The largest absolute Gasteiger partial charge is 0.480 e. The van der Waals surface area contributed by atoms with Crippen molar-refractivity contribution in [3.8, 4) is 0 Å². The molecule has 0 heterocycles. The van der Waals surface area contributed by atoms with Crippen molar-refractivity contribution < 1.29 is 9.90 Å². The fourth-order valence-corrected chi connectivity index (χ4v) is 2.46. The lowest BCUT2D eigenvalue weighted by Crippen LogP contribution is -2.22. The van der Waals surface area contributed by atoms with Crippen LogP contribution in [0.5, 0.6) is 0 Å². The molecule has 0 aliphatic heterocycles. The number of benzene rings is 1. The van der Waals surface area contributed by atoms with Gasteiger partial charge in [0.25, 0.3) is 0 Å². The van der Waals surface area contributed by atoms with E-state index in [-0.39, 0.29) is 5.92 Å². The van der Waals surface area contributed by atoms with Gasteiger partial charge in [0.15, 0.2) is 0 Å². The molecule has 1 rings (SSSR count). The van der Waals surface area contributed by atoms with Crippen LogP contribution >= 0.6 is 11.8 Å². The number of nitrogen functional groups attached to an aromatic ring is 1. The SMILES string of the molecule is Cc1ccc(N)c(SC(C(=O)O)C(C)C)c1. The molecule has 16 heavy (non-hydrogen) atoms. The summed E-state index contributed by atoms with van der Waals surface area (Å²) in [5.74, 6) is -0.719. The molecule has 1 unspecified atom stereocenters. The van der Waals surface area contributed by atoms with Crippen LogP contribution in [0.4, 0.5) is 5.69 Å². The molecule has 4 heteroatoms. The smallest absolute Gasteiger partial charge is 0.317 e. The molecule has 0 fully saturated rings. The summed E-state index contributed by atoms with van der Waals surface area (Å²) < 4.78 is 0. The van der Waals surface area contributed by atoms with Crippen molar-refractivity contribution >= 4 is 23.4 Å². The van der Waals surface area contributed by atoms with Crippen molar-refractivity contribution in [1.29, 1.82) is 0 Å². The lowest BCUT2D eigenvalue weighted by molar-refractivity contribution is -0.137. The second-order valence-electron chi connectivity index (χ2n) is 4.16. The van der Waals surface area contributed by atoms with Crippen LogP contribution in [0.2, 0.25) is 0 Å². The summed E-state index contributed by atoms with van der Waals surface area (Å²) >= 11 is 1.32. The lowest BCUT2D eigenvalue weighted by atomic mass is 10.1. The molecule has 1 aromatic carbocycles. The van der Waals surface area contributed by atoms with Crippen LogP contribution in [0, 0.1) is 12.8 Å². The van der Waals surface area contributed by atoms with Gasteiger partial charge in [-0.2, -0.15) is 0 Å². The van der Waals surface area contributed by atoms with Gasteiger partial charge >= 0.3 is 5.97 Å². The van der Waals surface area contributed by atoms with E-state index >= 15 is 0 Å². The van der Waals surface area contributed by atoms with Crippen molar-refractivity contribution in [3.05, 3.63) is 23.8 Å².